The molecule has 0 aliphatic rings. The lowest BCUT2D eigenvalue weighted by atomic mass is 10.2. The number of carbonyl (C=O) groups is 1. The van der Waals surface area contributed by atoms with Gasteiger partial charge in [-0.15, -0.1) is 11.3 Å². The highest BCUT2D eigenvalue weighted by Gasteiger charge is 2.09. The van der Waals surface area contributed by atoms with Crippen LogP contribution in [0.2, 0.25) is 0 Å². The molecule has 0 saturated heterocycles. The predicted molar refractivity (Wildman–Crippen MR) is 84.3 cm³/mol. The van der Waals surface area contributed by atoms with Gasteiger partial charge in [-0.1, -0.05) is 28.1 Å². The fraction of sp³-hybridized carbons (Fsp3) is 0.286. The van der Waals surface area contributed by atoms with Crippen LogP contribution in [0, 0.1) is 0 Å². The highest BCUT2D eigenvalue weighted by Crippen LogP contribution is 2.22. The lowest BCUT2D eigenvalue weighted by Crippen LogP contribution is -2.16. The van der Waals surface area contributed by atoms with E-state index < -0.39 is 5.97 Å². The van der Waals surface area contributed by atoms with Crippen molar-refractivity contribution in [1.29, 1.82) is 0 Å². The number of carboxylic acid groups (broad SMARTS) is 1. The Bertz CT molecular complexity index is 600. The monoisotopic (exact) mass is 354 g/mol. The van der Waals surface area contributed by atoms with Crippen molar-refractivity contribution in [3.05, 3.63) is 45.4 Å². The van der Waals surface area contributed by atoms with Crippen molar-refractivity contribution in [1.82, 2.24) is 4.98 Å². The number of hydrogen-bond donors (Lipinski definition) is 1. The minimum absolute atomic E-state index is 0.124. The van der Waals surface area contributed by atoms with E-state index in [4.69, 9.17) is 5.11 Å². The van der Waals surface area contributed by atoms with Crippen molar-refractivity contribution >= 4 is 38.4 Å². The van der Waals surface area contributed by atoms with Crippen LogP contribution >= 0.6 is 27.3 Å². The number of nitrogens with zero attached hydrogens (tertiary/aromatic N) is 2. The number of aliphatic carboxylic acids is 1. The Balaban J connectivity index is 1.98. The van der Waals surface area contributed by atoms with Gasteiger partial charge < -0.3 is 10.0 Å². The number of halogens is 1. The summed E-state index contributed by atoms with van der Waals surface area (Å²) in [6, 6.07) is 8.15. The molecule has 1 N–H and O–H groups in total. The Morgan fingerprint density at radius 3 is 3.00 bits per heavy atom. The van der Waals surface area contributed by atoms with E-state index in [-0.39, 0.29) is 6.42 Å². The van der Waals surface area contributed by atoms with Gasteiger partial charge in [-0.25, -0.2) is 4.98 Å². The molecule has 0 unspecified atom stereocenters. The van der Waals surface area contributed by atoms with Crippen LogP contribution in [0.5, 0.6) is 0 Å². The van der Waals surface area contributed by atoms with E-state index >= 15 is 0 Å². The third-order valence-corrected chi connectivity index (χ3v) is 4.27. The second kappa shape index (κ2) is 6.85. The van der Waals surface area contributed by atoms with Crippen molar-refractivity contribution in [3.63, 3.8) is 0 Å². The van der Waals surface area contributed by atoms with Gasteiger partial charge in [0.2, 0.25) is 0 Å². The summed E-state index contributed by atoms with van der Waals surface area (Å²) in [7, 11) is 1.99. The zero-order valence-corrected chi connectivity index (χ0v) is 13.4. The SMILES string of the molecule is CN(Cc1cccc(Br)c1)c1nc(CCC(=O)O)cs1. The number of anilines is 1. The maximum atomic E-state index is 10.5. The lowest BCUT2D eigenvalue weighted by molar-refractivity contribution is -0.136. The lowest BCUT2D eigenvalue weighted by Gasteiger charge is -2.15. The Hall–Kier alpha value is -1.40. The van der Waals surface area contributed by atoms with Gasteiger partial charge in [0, 0.05) is 29.9 Å². The van der Waals surface area contributed by atoms with Gasteiger partial charge in [-0.3, -0.25) is 4.79 Å². The third kappa shape index (κ3) is 4.31. The van der Waals surface area contributed by atoms with Gasteiger partial charge in [0.15, 0.2) is 5.13 Å². The molecule has 0 bridgehead atoms. The highest BCUT2D eigenvalue weighted by atomic mass is 79.9. The van der Waals surface area contributed by atoms with Crippen LogP contribution in [0.4, 0.5) is 5.13 Å². The van der Waals surface area contributed by atoms with Gasteiger partial charge in [0.25, 0.3) is 0 Å². The first-order valence-electron chi connectivity index (χ1n) is 6.16. The number of hydrogen-bond acceptors (Lipinski definition) is 4. The summed E-state index contributed by atoms with van der Waals surface area (Å²) >= 11 is 5.00. The van der Waals surface area contributed by atoms with Crippen molar-refractivity contribution in [3.8, 4) is 0 Å². The maximum Gasteiger partial charge on any atom is 0.303 e. The van der Waals surface area contributed by atoms with E-state index in [1.165, 1.54) is 5.56 Å². The fourth-order valence-corrected chi connectivity index (χ4v) is 3.07. The Labute approximate surface area is 130 Å². The van der Waals surface area contributed by atoms with Gasteiger partial charge >= 0.3 is 5.97 Å². The number of rotatable bonds is 6. The summed E-state index contributed by atoms with van der Waals surface area (Å²) in [6.45, 7) is 0.769. The van der Waals surface area contributed by atoms with Crippen LogP contribution in [0.15, 0.2) is 34.1 Å². The molecule has 2 aromatic rings. The standard InChI is InChI=1S/C14H15BrN2O2S/c1-17(8-10-3-2-4-11(15)7-10)14-16-12(9-20-14)5-6-13(18)19/h2-4,7,9H,5-6,8H2,1H3,(H,18,19). The predicted octanol–water partition coefficient (Wildman–Crippen LogP) is 3.56. The molecule has 0 atom stereocenters. The Morgan fingerprint density at radius 1 is 1.50 bits per heavy atom. The number of benzene rings is 1. The van der Waals surface area contributed by atoms with E-state index in [1.54, 1.807) is 11.3 Å². The van der Waals surface area contributed by atoms with Gasteiger partial charge in [0.1, 0.15) is 0 Å². The average molecular weight is 355 g/mol. The van der Waals surface area contributed by atoms with Gasteiger partial charge in [-0.05, 0) is 17.7 Å². The van der Waals surface area contributed by atoms with E-state index in [9.17, 15) is 4.79 Å². The fourth-order valence-electron chi connectivity index (χ4n) is 1.80. The quantitative estimate of drug-likeness (QED) is 0.861. The van der Waals surface area contributed by atoms with Crippen LogP contribution < -0.4 is 4.90 Å². The smallest absolute Gasteiger partial charge is 0.303 e. The molecule has 0 aliphatic carbocycles. The van der Waals surface area contributed by atoms with E-state index in [0.717, 1.165) is 21.8 Å². The van der Waals surface area contributed by atoms with E-state index in [0.29, 0.717) is 6.42 Å². The van der Waals surface area contributed by atoms with Crippen LogP contribution in [0.3, 0.4) is 0 Å². The molecule has 1 aromatic heterocycles. The summed E-state index contributed by atoms with van der Waals surface area (Å²) in [6.07, 6.45) is 0.606. The molecule has 6 heteroatoms. The highest BCUT2D eigenvalue weighted by molar-refractivity contribution is 9.10. The van der Waals surface area contributed by atoms with Crippen molar-refractivity contribution in [2.75, 3.05) is 11.9 Å². The molecular weight excluding hydrogens is 340 g/mol. The summed E-state index contributed by atoms with van der Waals surface area (Å²) in [5, 5.41) is 11.5. The van der Waals surface area contributed by atoms with Gasteiger partial charge in [0.05, 0.1) is 12.1 Å². The van der Waals surface area contributed by atoms with Crippen LogP contribution in [-0.4, -0.2) is 23.1 Å². The molecule has 1 heterocycles. The van der Waals surface area contributed by atoms with Crippen molar-refractivity contribution in [2.24, 2.45) is 0 Å². The van der Waals surface area contributed by atoms with Crippen LogP contribution in [0.1, 0.15) is 17.7 Å². The number of aromatic nitrogens is 1. The molecule has 0 fully saturated rings. The van der Waals surface area contributed by atoms with Crippen molar-refractivity contribution < 1.29 is 9.90 Å². The minimum atomic E-state index is -0.790. The molecular formula is C14H15BrN2O2S. The van der Waals surface area contributed by atoms with Crippen LogP contribution in [0.25, 0.3) is 0 Å². The second-order valence-corrected chi connectivity index (χ2v) is 6.25. The zero-order chi connectivity index (χ0) is 14.5. The maximum absolute atomic E-state index is 10.5. The number of thiazole rings is 1. The molecule has 0 spiro atoms. The van der Waals surface area contributed by atoms with E-state index in [1.807, 2.05) is 24.6 Å². The Morgan fingerprint density at radius 2 is 2.30 bits per heavy atom. The van der Waals surface area contributed by atoms with Crippen LogP contribution in [-0.2, 0) is 17.8 Å². The summed E-state index contributed by atoms with van der Waals surface area (Å²) < 4.78 is 1.06. The summed E-state index contributed by atoms with van der Waals surface area (Å²) in [5.74, 6) is -0.790. The molecule has 4 nitrogen and oxygen atoms in total. The first-order valence-corrected chi connectivity index (χ1v) is 7.83. The molecule has 106 valence electrons. The van der Waals surface area contributed by atoms with E-state index in [2.05, 4.69) is 37.9 Å². The molecule has 0 aliphatic heterocycles. The average Bonchev–Trinajstić information content (AvgIpc) is 2.85. The minimum Gasteiger partial charge on any atom is -0.481 e. The number of carboxylic acids is 1. The molecule has 2 rings (SSSR count). The second-order valence-electron chi connectivity index (χ2n) is 4.50. The normalized spacial score (nSPS) is 10.5. The van der Waals surface area contributed by atoms with Gasteiger partial charge in [-0.2, -0.15) is 0 Å². The van der Waals surface area contributed by atoms with Crippen molar-refractivity contribution in [2.45, 2.75) is 19.4 Å². The Kier molecular flexibility index (Phi) is 5.14. The molecule has 0 radical (unpaired) electrons. The molecule has 0 saturated carbocycles. The number of aryl methyl sites for hydroxylation is 1. The topological polar surface area (TPSA) is 53.4 Å². The molecule has 20 heavy (non-hydrogen) atoms. The molecule has 0 amide bonds. The first-order chi connectivity index (χ1) is 9.54. The molecule has 1 aromatic carbocycles. The first kappa shape index (κ1) is 15.0. The third-order valence-electron chi connectivity index (χ3n) is 2.77. The zero-order valence-electron chi connectivity index (χ0n) is 11.0. The summed E-state index contributed by atoms with van der Waals surface area (Å²) in [4.78, 5) is 17.1. The largest absolute Gasteiger partial charge is 0.481 e. The summed E-state index contributed by atoms with van der Waals surface area (Å²) in [5.41, 5.74) is 2.04.